The molecule has 1 rings (SSSR count). The van der Waals surface area contributed by atoms with Crippen LogP contribution >= 0.6 is 0 Å². The fourth-order valence-electron chi connectivity index (χ4n) is 1.39. The van der Waals surface area contributed by atoms with Crippen LogP contribution in [-0.4, -0.2) is 18.5 Å². The average Bonchev–Trinajstić information content (AvgIpc) is 1.93. The smallest absolute Gasteiger partial charge is 0.234 e. The third-order valence-electron chi connectivity index (χ3n) is 2.65. The Hall–Kier alpha value is -0.570. The molecule has 12 heavy (non-hydrogen) atoms. The molecule has 0 aromatic carbocycles. The van der Waals surface area contributed by atoms with Crippen LogP contribution in [0.25, 0.3) is 0 Å². The summed E-state index contributed by atoms with van der Waals surface area (Å²) >= 11 is 0. The van der Waals surface area contributed by atoms with Gasteiger partial charge in [-0.2, -0.15) is 0 Å². The second kappa shape index (κ2) is 4.45. The molecule has 0 aliphatic heterocycles. The largest absolute Gasteiger partial charge is 0.368 e. The van der Waals surface area contributed by atoms with Crippen LogP contribution in [-0.2, 0) is 4.79 Å². The normalized spacial score (nSPS) is 20.1. The van der Waals surface area contributed by atoms with Gasteiger partial charge in [0.1, 0.15) is 0 Å². The number of carbonyl (C=O) groups is 1. The summed E-state index contributed by atoms with van der Waals surface area (Å²) in [4.78, 5) is 10.6. The van der Waals surface area contributed by atoms with Gasteiger partial charge in [-0.1, -0.05) is 19.3 Å². The molecule has 1 unspecified atom stereocenters. The van der Waals surface area contributed by atoms with E-state index in [0.717, 1.165) is 12.5 Å². The van der Waals surface area contributed by atoms with Crippen molar-refractivity contribution in [2.24, 2.45) is 11.7 Å². The Bertz CT molecular complexity index is 155. The van der Waals surface area contributed by atoms with E-state index in [1.165, 1.54) is 25.7 Å². The zero-order valence-electron chi connectivity index (χ0n) is 7.68. The van der Waals surface area contributed by atoms with Crippen LogP contribution in [0.4, 0.5) is 0 Å². The summed E-state index contributed by atoms with van der Waals surface area (Å²) < 4.78 is 0. The minimum Gasteiger partial charge on any atom is -0.368 e. The Morgan fingerprint density at radius 3 is 2.75 bits per heavy atom. The van der Waals surface area contributed by atoms with Gasteiger partial charge in [0.05, 0.1) is 6.04 Å². The highest BCUT2D eigenvalue weighted by Crippen LogP contribution is 2.28. The zero-order valence-corrected chi connectivity index (χ0v) is 7.68. The van der Waals surface area contributed by atoms with Crippen LogP contribution in [0.3, 0.4) is 0 Å². The van der Waals surface area contributed by atoms with Crippen LogP contribution in [0.1, 0.15) is 32.6 Å². The van der Waals surface area contributed by atoms with Gasteiger partial charge < -0.3 is 11.1 Å². The Kier molecular flexibility index (Phi) is 3.53. The van der Waals surface area contributed by atoms with E-state index < -0.39 is 0 Å². The fourth-order valence-corrected chi connectivity index (χ4v) is 1.39. The van der Waals surface area contributed by atoms with E-state index in [1.807, 2.05) is 6.92 Å². The molecular formula is C9H18N2O. The summed E-state index contributed by atoms with van der Waals surface area (Å²) in [6.45, 7) is 2.73. The standard InChI is InChI=1S/C9H18N2O/c1-7(9(10)12)11-6-5-8-3-2-4-8/h7-8,11H,2-6H2,1H3,(H2,10,12). The highest BCUT2D eigenvalue weighted by molar-refractivity contribution is 5.79. The lowest BCUT2D eigenvalue weighted by Gasteiger charge is -2.25. The van der Waals surface area contributed by atoms with E-state index in [1.54, 1.807) is 0 Å². The molecule has 1 saturated carbocycles. The minimum absolute atomic E-state index is 0.176. The molecular weight excluding hydrogens is 152 g/mol. The molecule has 1 aliphatic rings. The Morgan fingerprint density at radius 1 is 1.67 bits per heavy atom. The van der Waals surface area contributed by atoms with Gasteiger partial charge in [-0.05, 0) is 25.8 Å². The first kappa shape index (κ1) is 9.52. The van der Waals surface area contributed by atoms with Crippen LogP contribution < -0.4 is 11.1 Å². The number of amides is 1. The molecule has 3 nitrogen and oxygen atoms in total. The third kappa shape index (κ3) is 2.81. The van der Waals surface area contributed by atoms with Crippen molar-refractivity contribution in [3.05, 3.63) is 0 Å². The number of hydrogen-bond donors (Lipinski definition) is 2. The van der Waals surface area contributed by atoms with Gasteiger partial charge in [0.2, 0.25) is 5.91 Å². The Balaban J connectivity index is 1.97. The van der Waals surface area contributed by atoms with Crippen molar-refractivity contribution in [3.8, 4) is 0 Å². The van der Waals surface area contributed by atoms with E-state index in [9.17, 15) is 4.79 Å². The molecule has 0 aromatic rings. The van der Waals surface area contributed by atoms with Crippen molar-refractivity contribution in [2.75, 3.05) is 6.54 Å². The molecule has 0 aromatic heterocycles. The second-order valence-electron chi connectivity index (χ2n) is 3.66. The summed E-state index contributed by atoms with van der Waals surface area (Å²) in [5.74, 6) is 0.640. The lowest BCUT2D eigenvalue weighted by molar-refractivity contribution is -0.119. The molecule has 0 saturated heterocycles. The van der Waals surface area contributed by atoms with Crippen LogP contribution in [0.2, 0.25) is 0 Å². The molecule has 1 fully saturated rings. The Labute approximate surface area is 73.7 Å². The van der Waals surface area contributed by atoms with Crippen molar-refractivity contribution < 1.29 is 4.79 Å². The van der Waals surface area contributed by atoms with Crippen molar-refractivity contribution in [1.29, 1.82) is 0 Å². The number of rotatable bonds is 5. The first-order valence-electron chi connectivity index (χ1n) is 4.73. The van der Waals surface area contributed by atoms with Crippen molar-refractivity contribution in [2.45, 2.75) is 38.6 Å². The number of carbonyl (C=O) groups excluding carboxylic acids is 1. The summed E-state index contributed by atoms with van der Waals surface area (Å²) in [5, 5.41) is 3.11. The fraction of sp³-hybridized carbons (Fsp3) is 0.889. The molecule has 1 aliphatic carbocycles. The predicted molar refractivity (Wildman–Crippen MR) is 48.6 cm³/mol. The summed E-state index contributed by atoms with van der Waals surface area (Å²) in [5.41, 5.74) is 5.10. The van der Waals surface area contributed by atoms with Gasteiger partial charge in [-0.3, -0.25) is 4.79 Å². The number of nitrogens with two attached hydrogens (primary N) is 1. The molecule has 3 N–H and O–H groups in total. The zero-order chi connectivity index (χ0) is 8.97. The quantitative estimate of drug-likeness (QED) is 0.636. The van der Waals surface area contributed by atoms with E-state index in [0.29, 0.717) is 0 Å². The van der Waals surface area contributed by atoms with E-state index >= 15 is 0 Å². The summed E-state index contributed by atoms with van der Waals surface area (Å²) in [6, 6.07) is -0.176. The van der Waals surface area contributed by atoms with E-state index in [-0.39, 0.29) is 11.9 Å². The van der Waals surface area contributed by atoms with Gasteiger partial charge in [0, 0.05) is 0 Å². The first-order valence-corrected chi connectivity index (χ1v) is 4.73. The van der Waals surface area contributed by atoms with Gasteiger partial charge in [0.25, 0.3) is 0 Å². The average molecular weight is 170 g/mol. The number of nitrogens with one attached hydrogen (secondary N) is 1. The molecule has 0 heterocycles. The Morgan fingerprint density at radius 2 is 2.33 bits per heavy atom. The highest BCUT2D eigenvalue weighted by Gasteiger charge is 2.17. The van der Waals surface area contributed by atoms with Gasteiger partial charge >= 0.3 is 0 Å². The summed E-state index contributed by atoms with van der Waals surface area (Å²) in [6.07, 6.45) is 5.31. The molecule has 0 spiro atoms. The molecule has 1 amide bonds. The predicted octanol–water partition coefficient (Wildman–Crippen LogP) is 0.640. The lowest BCUT2D eigenvalue weighted by atomic mass is 9.83. The molecule has 0 radical (unpaired) electrons. The summed E-state index contributed by atoms with van der Waals surface area (Å²) in [7, 11) is 0. The van der Waals surface area contributed by atoms with Crippen LogP contribution in [0, 0.1) is 5.92 Å². The van der Waals surface area contributed by atoms with Crippen molar-refractivity contribution >= 4 is 5.91 Å². The lowest BCUT2D eigenvalue weighted by Crippen LogP contribution is -2.39. The van der Waals surface area contributed by atoms with Crippen molar-refractivity contribution in [1.82, 2.24) is 5.32 Å². The van der Waals surface area contributed by atoms with Gasteiger partial charge in [0.15, 0.2) is 0 Å². The maximum atomic E-state index is 10.6. The monoisotopic (exact) mass is 170 g/mol. The highest BCUT2D eigenvalue weighted by atomic mass is 16.1. The molecule has 70 valence electrons. The third-order valence-corrected chi connectivity index (χ3v) is 2.65. The van der Waals surface area contributed by atoms with Crippen LogP contribution in [0.5, 0.6) is 0 Å². The van der Waals surface area contributed by atoms with Gasteiger partial charge in [-0.25, -0.2) is 0 Å². The maximum absolute atomic E-state index is 10.6. The topological polar surface area (TPSA) is 55.1 Å². The SMILES string of the molecule is CC(NCCC1CCC1)C(N)=O. The second-order valence-corrected chi connectivity index (χ2v) is 3.66. The molecule has 0 bridgehead atoms. The molecule has 3 heteroatoms. The van der Waals surface area contributed by atoms with E-state index in [2.05, 4.69) is 5.32 Å². The minimum atomic E-state index is -0.261. The first-order chi connectivity index (χ1) is 5.70. The van der Waals surface area contributed by atoms with Gasteiger partial charge in [-0.15, -0.1) is 0 Å². The number of primary amides is 1. The van der Waals surface area contributed by atoms with Crippen LogP contribution in [0.15, 0.2) is 0 Å². The van der Waals surface area contributed by atoms with Crippen molar-refractivity contribution in [3.63, 3.8) is 0 Å². The molecule has 1 atom stereocenters. The number of hydrogen-bond acceptors (Lipinski definition) is 2. The van der Waals surface area contributed by atoms with E-state index in [4.69, 9.17) is 5.73 Å². The maximum Gasteiger partial charge on any atom is 0.234 e.